The Kier molecular flexibility index (Phi) is 11.7. The number of rotatable bonds is 8. The van der Waals surface area contributed by atoms with Crippen molar-refractivity contribution in [2.45, 2.75) is 59.3 Å². The molecule has 3 nitrogen and oxygen atoms in total. The van der Waals surface area contributed by atoms with Crippen molar-refractivity contribution in [3.05, 3.63) is 265 Å². The highest BCUT2D eigenvalue weighted by Gasteiger charge is 2.46. The lowest BCUT2D eigenvalue weighted by Crippen LogP contribution is -2.61. The normalized spacial score (nSPS) is 12.8. The maximum absolute atomic E-state index is 2.66. The highest BCUT2D eigenvalue weighted by atomic mass is 15.2. The number of fused-ring (bicyclic) bond motifs is 6. The van der Waals surface area contributed by atoms with Crippen molar-refractivity contribution >= 4 is 74.0 Å². The molecule has 0 amide bonds. The number of nitrogens with zero attached hydrogens (tertiary/aromatic N) is 3. The van der Waals surface area contributed by atoms with Crippen molar-refractivity contribution in [1.82, 2.24) is 0 Å². The van der Waals surface area contributed by atoms with E-state index in [-0.39, 0.29) is 17.7 Å². The maximum Gasteiger partial charge on any atom is 0.333 e. The van der Waals surface area contributed by atoms with Crippen LogP contribution in [-0.4, -0.2) is 6.85 Å². The zero-order chi connectivity index (χ0) is 52.6. The van der Waals surface area contributed by atoms with Crippen molar-refractivity contribution in [3.8, 4) is 44.5 Å². The van der Waals surface area contributed by atoms with Gasteiger partial charge in [0, 0.05) is 51.1 Å². The Balaban J connectivity index is 1.11. The van der Waals surface area contributed by atoms with Crippen LogP contribution in [0.25, 0.3) is 55.3 Å². The Bertz CT molecular complexity index is 3930. The molecule has 372 valence electrons. The van der Waals surface area contributed by atoms with Crippen molar-refractivity contribution in [2.75, 3.05) is 14.6 Å². The van der Waals surface area contributed by atoms with Gasteiger partial charge in [-0.2, -0.15) is 0 Å². The smallest absolute Gasteiger partial charge is 0.333 e. The molecule has 11 aromatic rings. The van der Waals surface area contributed by atoms with Gasteiger partial charge in [0.2, 0.25) is 0 Å². The first kappa shape index (κ1) is 47.8. The minimum absolute atomic E-state index is 0.0186. The van der Waals surface area contributed by atoms with E-state index in [0.717, 1.165) is 28.4 Å². The molecule has 77 heavy (non-hydrogen) atoms. The summed E-state index contributed by atoms with van der Waals surface area (Å²) < 4.78 is 0. The fourth-order valence-electron chi connectivity index (χ4n) is 12.0. The first-order chi connectivity index (χ1) is 37.4. The second kappa shape index (κ2) is 18.8. The van der Waals surface area contributed by atoms with Gasteiger partial charge in [-0.1, -0.05) is 224 Å². The lowest BCUT2D eigenvalue weighted by molar-refractivity contribution is 0.590. The van der Waals surface area contributed by atoms with E-state index in [1.54, 1.807) is 0 Å². The Morgan fingerprint density at radius 3 is 1.45 bits per heavy atom. The second-order valence-corrected chi connectivity index (χ2v) is 23.1. The van der Waals surface area contributed by atoms with Crippen LogP contribution in [0.1, 0.15) is 58.2 Å². The number of benzene rings is 11. The number of hydrogen-bond acceptors (Lipinski definition) is 3. The van der Waals surface area contributed by atoms with Gasteiger partial charge in [-0.3, -0.25) is 0 Å². The fourth-order valence-corrected chi connectivity index (χ4v) is 12.0. The minimum atomic E-state index is -0.215. The van der Waals surface area contributed by atoms with Crippen molar-refractivity contribution in [2.24, 2.45) is 0 Å². The highest BCUT2D eigenvalue weighted by molar-refractivity contribution is 6.94. The molecule has 0 bridgehead atoms. The SMILES string of the molecule is Cc1ccc(-c2ccccc2)cc1N1c2ccc(-c3ccccc3)cc2B2c3c1cc1ccccc1c3-c1ccc(N(c3ccc(C(C)(C)C)cc3)c3ccc(C(C)(C)C)cc3)cc1N2c1ccc(-c2ccccc2)cc1. The molecule has 13 rings (SSSR count). The van der Waals surface area contributed by atoms with Crippen LogP contribution in [0.15, 0.2) is 249 Å². The second-order valence-electron chi connectivity index (χ2n) is 23.1. The van der Waals surface area contributed by atoms with Crippen LogP contribution in [-0.2, 0) is 10.8 Å². The molecule has 0 saturated heterocycles. The molecule has 0 spiro atoms. The van der Waals surface area contributed by atoms with Gasteiger partial charge in [0.05, 0.1) is 0 Å². The summed E-state index contributed by atoms with van der Waals surface area (Å²) in [5.74, 6) is 0. The van der Waals surface area contributed by atoms with E-state index in [9.17, 15) is 0 Å². The largest absolute Gasteiger partial charge is 0.376 e. The van der Waals surface area contributed by atoms with Crippen molar-refractivity contribution in [3.63, 3.8) is 0 Å². The van der Waals surface area contributed by atoms with E-state index >= 15 is 0 Å². The molecule has 2 aliphatic heterocycles. The Morgan fingerprint density at radius 1 is 0.377 bits per heavy atom. The Labute approximate surface area is 455 Å². The van der Waals surface area contributed by atoms with Crippen LogP contribution in [0.4, 0.5) is 45.5 Å². The Hall–Kier alpha value is -8.86. The summed E-state index contributed by atoms with van der Waals surface area (Å²) in [6.45, 7) is 15.8. The van der Waals surface area contributed by atoms with Gasteiger partial charge in [-0.05, 0) is 162 Å². The molecule has 4 heteroatoms. The quantitative estimate of drug-likeness (QED) is 0.141. The topological polar surface area (TPSA) is 9.72 Å². The summed E-state index contributed by atoms with van der Waals surface area (Å²) in [6.07, 6.45) is 0. The molecule has 0 radical (unpaired) electrons. The third-order valence-corrected chi connectivity index (χ3v) is 16.1. The molecule has 0 saturated carbocycles. The van der Waals surface area contributed by atoms with Crippen molar-refractivity contribution < 1.29 is 0 Å². The third kappa shape index (κ3) is 8.50. The fraction of sp³-hybridized carbons (Fsp3) is 0.123. The van der Waals surface area contributed by atoms with Crippen LogP contribution in [0.3, 0.4) is 0 Å². The molecular formula is C73H62BN3. The van der Waals surface area contributed by atoms with Gasteiger partial charge in [0.1, 0.15) is 0 Å². The molecule has 0 N–H and O–H groups in total. The van der Waals surface area contributed by atoms with Crippen LogP contribution < -0.4 is 25.5 Å². The minimum Gasteiger partial charge on any atom is -0.376 e. The summed E-state index contributed by atoms with van der Waals surface area (Å²) in [5.41, 5.74) is 25.2. The van der Waals surface area contributed by atoms with Gasteiger partial charge in [0.15, 0.2) is 0 Å². The third-order valence-electron chi connectivity index (χ3n) is 16.1. The summed E-state index contributed by atoms with van der Waals surface area (Å²) in [5, 5.41) is 2.45. The summed E-state index contributed by atoms with van der Waals surface area (Å²) in [6, 6.07) is 93.1. The van der Waals surface area contributed by atoms with Crippen LogP contribution >= 0.6 is 0 Å². The first-order valence-electron chi connectivity index (χ1n) is 27.2. The highest BCUT2D eigenvalue weighted by Crippen LogP contribution is 2.52. The molecule has 0 atom stereocenters. The number of anilines is 8. The van der Waals surface area contributed by atoms with Gasteiger partial charge in [0.25, 0.3) is 0 Å². The van der Waals surface area contributed by atoms with Crippen LogP contribution in [0.2, 0.25) is 0 Å². The average molecular weight is 992 g/mol. The predicted molar refractivity (Wildman–Crippen MR) is 331 cm³/mol. The number of hydrogen-bond donors (Lipinski definition) is 0. The number of aryl methyl sites for hydroxylation is 1. The van der Waals surface area contributed by atoms with Gasteiger partial charge < -0.3 is 14.6 Å². The van der Waals surface area contributed by atoms with Gasteiger partial charge >= 0.3 is 6.85 Å². The molecule has 0 aliphatic carbocycles. The standard InChI is InChI=1S/C73H62BN3/c1-49-27-28-55(52-23-15-10-16-24-52)46-67(49)76-66-44-31-54(51-21-13-9-14-22-51)45-65(66)74-71-69(76)47-56-25-17-18-26-63(56)70(71)64-43-42-62(48-68(64)77(74)61-36-29-53(30-37-61)50-19-11-8-12-20-50)75(59-38-32-57(33-39-59)72(2,3)4)60-40-34-58(35-41-60)73(5,6)7/h8-48H,1-7H3. The first-order valence-corrected chi connectivity index (χ1v) is 27.2. The van der Waals surface area contributed by atoms with E-state index in [1.165, 1.54) is 100.0 Å². The van der Waals surface area contributed by atoms with E-state index < -0.39 is 0 Å². The molecule has 2 heterocycles. The van der Waals surface area contributed by atoms with Crippen molar-refractivity contribution in [1.29, 1.82) is 0 Å². The summed E-state index contributed by atoms with van der Waals surface area (Å²) >= 11 is 0. The van der Waals surface area contributed by atoms with Crippen LogP contribution in [0.5, 0.6) is 0 Å². The lowest BCUT2D eigenvalue weighted by atomic mass is 9.43. The van der Waals surface area contributed by atoms with Gasteiger partial charge in [-0.15, -0.1) is 0 Å². The molecule has 11 aromatic carbocycles. The van der Waals surface area contributed by atoms with Crippen LogP contribution in [0, 0.1) is 6.92 Å². The summed E-state index contributed by atoms with van der Waals surface area (Å²) in [7, 11) is 0. The Morgan fingerprint density at radius 2 is 0.870 bits per heavy atom. The molecule has 0 fully saturated rings. The molecule has 0 aromatic heterocycles. The lowest BCUT2D eigenvalue weighted by Gasteiger charge is -2.46. The zero-order valence-electron chi connectivity index (χ0n) is 45.1. The predicted octanol–water partition coefficient (Wildman–Crippen LogP) is 18.9. The van der Waals surface area contributed by atoms with E-state index in [1.807, 2.05) is 0 Å². The zero-order valence-corrected chi connectivity index (χ0v) is 45.1. The maximum atomic E-state index is 2.66. The van der Waals surface area contributed by atoms with Gasteiger partial charge in [-0.25, -0.2) is 0 Å². The van der Waals surface area contributed by atoms with E-state index in [0.29, 0.717) is 0 Å². The monoisotopic (exact) mass is 992 g/mol. The van der Waals surface area contributed by atoms with E-state index in [2.05, 4.69) is 312 Å². The molecule has 0 unspecified atom stereocenters. The summed E-state index contributed by atoms with van der Waals surface area (Å²) in [4.78, 5) is 7.69. The molecular weight excluding hydrogens is 930 g/mol. The average Bonchev–Trinajstić information content (AvgIpc) is 3.53. The van der Waals surface area contributed by atoms with E-state index in [4.69, 9.17) is 0 Å². The molecule has 2 aliphatic rings.